The average Bonchev–Trinajstić information content (AvgIpc) is 3.19. The molecule has 2 aliphatic rings. The second-order valence-electron chi connectivity index (χ2n) is 11.3. The maximum atomic E-state index is 10.4. The van der Waals surface area contributed by atoms with Crippen LogP contribution in [-0.2, 0) is 18.9 Å². The monoisotopic (exact) mass is 581 g/mol. The van der Waals surface area contributed by atoms with Gasteiger partial charge in [-0.15, -0.1) is 0 Å². The molecular weight excluding hydrogens is 526 g/mol. The maximum Gasteiger partial charge on any atom is 0.224 e. The van der Waals surface area contributed by atoms with Crippen molar-refractivity contribution in [1.82, 2.24) is 5.32 Å². The van der Waals surface area contributed by atoms with Crippen LogP contribution in [0.2, 0.25) is 0 Å². The Balaban J connectivity index is 1.64. The summed E-state index contributed by atoms with van der Waals surface area (Å²) in [5, 5.41) is 74.1. The van der Waals surface area contributed by atoms with Crippen LogP contribution in [0.4, 0.5) is 0 Å². The molecule has 12 nitrogen and oxygen atoms in total. The Morgan fingerprint density at radius 3 is 2.10 bits per heavy atom. The Kier molecular flexibility index (Phi) is 16.9. The van der Waals surface area contributed by atoms with Crippen molar-refractivity contribution in [3.8, 4) is 0 Å². The van der Waals surface area contributed by atoms with Gasteiger partial charge in [-0.1, -0.05) is 58.3 Å². The molecule has 0 saturated carbocycles. The van der Waals surface area contributed by atoms with Gasteiger partial charge in [0.15, 0.2) is 6.29 Å². The number of rotatable bonds is 21. The fourth-order valence-corrected chi connectivity index (χ4v) is 5.18. The fourth-order valence-electron chi connectivity index (χ4n) is 5.18. The van der Waals surface area contributed by atoms with Crippen molar-refractivity contribution >= 4 is 0 Å². The van der Waals surface area contributed by atoms with Crippen molar-refractivity contribution in [3.05, 3.63) is 0 Å². The molecule has 2 saturated heterocycles. The van der Waals surface area contributed by atoms with Crippen LogP contribution in [0.5, 0.6) is 0 Å². The van der Waals surface area contributed by atoms with Crippen LogP contribution in [0, 0.1) is 0 Å². The molecule has 0 radical (unpaired) electrons. The predicted octanol–water partition coefficient (Wildman–Crippen LogP) is -0.0822. The molecule has 0 aromatic rings. The third-order valence-corrected chi connectivity index (χ3v) is 7.87. The van der Waals surface area contributed by atoms with E-state index in [9.17, 15) is 35.7 Å². The van der Waals surface area contributed by atoms with Gasteiger partial charge in [-0.3, -0.25) is 0 Å². The number of aliphatic hydroxyl groups excluding tert-OH is 7. The van der Waals surface area contributed by atoms with Crippen LogP contribution < -0.4 is 5.32 Å². The first-order valence-electron chi connectivity index (χ1n) is 15.1. The molecule has 0 aliphatic carbocycles. The van der Waals surface area contributed by atoms with E-state index in [1.54, 1.807) is 0 Å². The van der Waals surface area contributed by atoms with Crippen LogP contribution in [0.1, 0.15) is 84.5 Å². The fraction of sp³-hybridized carbons (Fsp3) is 1.00. The number of unbranched alkanes of at least 4 members (excludes halogenated alkanes) is 8. The minimum absolute atomic E-state index is 0.0927. The largest absolute Gasteiger partial charge is 0.394 e. The molecule has 40 heavy (non-hydrogen) atoms. The Labute approximate surface area is 238 Å². The van der Waals surface area contributed by atoms with Gasteiger partial charge >= 0.3 is 0 Å². The van der Waals surface area contributed by atoms with Crippen LogP contribution in [0.25, 0.3) is 0 Å². The Bertz CT molecular complexity index is 662. The summed E-state index contributed by atoms with van der Waals surface area (Å²) in [5.41, 5.74) is 0. The standard InChI is InChI=1S/C28H55NO11/c1-3-4-5-6-7-8-9-10-13-19(2)29-14-11-12-15-37-17-21-22(32)24(34)25(35)27(38-21)40-28(18-31)26(36)23(33)20(16-30)39-28/h19-27,29-36H,3-18H2,1-2H3/t19?,20-,21-,22-,23-,24+,25-,26+,27-,28+/m1/s1. The number of hydrogen-bond acceptors (Lipinski definition) is 12. The minimum Gasteiger partial charge on any atom is -0.394 e. The molecule has 2 aliphatic heterocycles. The molecule has 0 bridgehead atoms. The van der Waals surface area contributed by atoms with Gasteiger partial charge < -0.3 is 60.0 Å². The van der Waals surface area contributed by atoms with E-state index in [1.165, 1.54) is 57.8 Å². The molecule has 10 atom stereocenters. The number of hydrogen-bond donors (Lipinski definition) is 8. The van der Waals surface area contributed by atoms with Gasteiger partial charge in [0.25, 0.3) is 0 Å². The quantitative estimate of drug-likeness (QED) is 0.0843. The first kappa shape index (κ1) is 35.7. The highest BCUT2D eigenvalue weighted by Gasteiger charge is 2.58. The van der Waals surface area contributed by atoms with Gasteiger partial charge in [-0.25, -0.2) is 0 Å². The zero-order chi connectivity index (χ0) is 29.5. The third-order valence-electron chi connectivity index (χ3n) is 7.87. The minimum atomic E-state index is -2.20. The number of nitrogens with one attached hydrogen (secondary N) is 1. The number of aliphatic hydroxyl groups is 7. The van der Waals surface area contributed by atoms with Crippen LogP contribution >= 0.6 is 0 Å². The molecular formula is C28H55NO11. The molecule has 0 aromatic carbocycles. The zero-order valence-corrected chi connectivity index (χ0v) is 24.3. The van der Waals surface area contributed by atoms with E-state index in [2.05, 4.69) is 19.2 Å². The molecule has 2 heterocycles. The van der Waals surface area contributed by atoms with Crippen molar-refractivity contribution in [2.75, 3.05) is 33.0 Å². The molecule has 2 fully saturated rings. The zero-order valence-electron chi connectivity index (χ0n) is 24.3. The highest BCUT2D eigenvalue weighted by Crippen LogP contribution is 2.36. The summed E-state index contributed by atoms with van der Waals surface area (Å²) in [7, 11) is 0. The molecule has 1 unspecified atom stereocenters. The lowest BCUT2D eigenvalue weighted by Crippen LogP contribution is -2.62. The van der Waals surface area contributed by atoms with Crippen molar-refractivity contribution in [2.24, 2.45) is 0 Å². The molecule has 238 valence electrons. The number of ether oxygens (including phenoxy) is 4. The van der Waals surface area contributed by atoms with Gasteiger partial charge in [0.2, 0.25) is 5.79 Å². The second-order valence-corrected chi connectivity index (χ2v) is 11.3. The first-order chi connectivity index (χ1) is 19.2. The molecule has 0 aromatic heterocycles. The van der Waals surface area contributed by atoms with Gasteiger partial charge in [-0.05, 0) is 32.7 Å². The lowest BCUT2D eigenvalue weighted by molar-refractivity contribution is -0.384. The van der Waals surface area contributed by atoms with Crippen LogP contribution in [-0.4, -0.2) is 130 Å². The van der Waals surface area contributed by atoms with Crippen molar-refractivity contribution < 1.29 is 54.7 Å². The SMILES string of the molecule is CCCCCCCCCCC(C)NCCCCOC[C@H]1O[C@H](O[C@]2(CO)O[C@H](CO)[C@@H](O)[C@@H]2O)[C@H](O)[C@@H](O)[C@@H]1O. The van der Waals surface area contributed by atoms with Crippen LogP contribution in [0.15, 0.2) is 0 Å². The van der Waals surface area contributed by atoms with Crippen molar-refractivity contribution in [2.45, 2.75) is 145 Å². The average molecular weight is 582 g/mol. The predicted molar refractivity (Wildman–Crippen MR) is 146 cm³/mol. The van der Waals surface area contributed by atoms with Gasteiger partial charge in [-0.2, -0.15) is 0 Å². The summed E-state index contributed by atoms with van der Waals surface area (Å²) < 4.78 is 22.1. The highest BCUT2D eigenvalue weighted by atomic mass is 16.8. The maximum absolute atomic E-state index is 10.4. The van der Waals surface area contributed by atoms with E-state index in [4.69, 9.17) is 18.9 Å². The normalized spacial score (nSPS) is 35.3. The second kappa shape index (κ2) is 18.9. The van der Waals surface area contributed by atoms with E-state index in [-0.39, 0.29) is 6.61 Å². The molecule has 8 N–H and O–H groups in total. The summed E-state index contributed by atoms with van der Waals surface area (Å²) in [6.45, 7) is 4.05. The third kappa shape index (κ3) is 10.7. The lowest BCUT2D eigenvalue weighted by Gasteiger charge is -2.43. The van der Waals surface area contributed by atoms with Crippen LogP contribution in [0.3, 0.4) is 0 Å². The Hall–Kier alpha value is -0.480. The lowest BCUT2D eigenvalue weighted by atomic mass is 9.99. The van der Waals surface area contributed by atoms with Gasteiger partial charge in [0.05, 0.1) is 13.2 Å². The summed E-state index contributed by atoms with van der Waals surface area (Å²) in [4.78, 5) is 0. The Morgan fingerprint density at radius 1 is 0.800 bits per heavy atom. The summed E-state index contributed by atoms with van der Waals surface area (Å²) >= 11 is 0. The van der Waals surface area contributed by atoms with E-state index >= 15 is 0 Å². The smallest absolute Gasteiger partial charge is 0.224 e. The summed E-state index contributed by atoms with van der Waals surface area (Å²) in [6.07, 6.45) is 1.27. The summed E-state index contributed by atoms with van der Waals surface area (Å²) in [6, 6.07) is 0.468. The molecule has 12 heteroatoms. The molecule has 2 rings (SSSR count). The molecule has 0 spiro atoms. The topological polar surface area (TPSA) is 191 Å². The first-order valence-corrected chi connectivity index (χ1v) is 15.1. The Morgan fingerprint density at radius 2 is 1.48 bits per heavy atom. The van der Waals surface area contributed by atoms with Gasteiger partial charge in [0, 0.05) is 12.6 Å². The van der Waals surface area contributed by atoms with Gasteiger partial charge in [0.1, 0.15) is 49.3 Å². The van der Waals surface area contributed by atoms with E-state index < -0.39 is 68.0 Å². The highest BCUT2D eigenvalue weighted by molar-refractivity contribution is 4.98. The molecule has 0 amide bonds. The van der Waals surface area contributed by atoms with Crippen molar-refractivity contribution in [1.29, 1.82) is 0 Å². The van der Waals surface area contributed by atoms with E-state index in [0.29, 0.717) is 12.6 Å². The van der Waals surface area contributed by atoms with E-state index in [1.807, 2.05) is 0 Å². The van der Waals surface area contributed by atoms with Crippen molar-refractivity contribution in [3.63, 3.8) is 0 Å². The summed E-state index contributed by atoms with van der Waals surface area (Å²) in [5.74, 6) is -2.20. The van der Waals surface area contributed by atoms with E-state index in [0.717, 1.165) is 19.4 Å².